The lowest BCUT2D eigenvalue weighted by Gasteiger charge is -2.34. The van der Waals surface area contributed by atoms with Gasteiger partial charge in [-0.05, 0) is 87.4 Å². The van der Waals surface area contributed by atoms with Gasteiger partial charge in [0, 0.05) is 17.0 Å². The molecule has 0 radical (unpaired) electrons. The van der Waals surface area contributed by atoms with E-state index in [4.69, 9.17) is 21.1 Å². The monoisotopic (exact) mass is 576 g/mol. The van der Waals surface area contributed by atoms with Crippen LogP contribution in [0.5, 0.6) is 5.75 Å². The summed E-state index contributed by atoms with van der Waals surface area (Å²) in [6, 6.07) is 13.7. The van der Waals surface area contributed by atoms with Gasteiger partial charge in [0.2, 0.25) is 0 Å². The number of ether oxygens (including phenoxy) is 2. The maximum atomic E-state index is 12.7. The van der Waals surface area contributed by atoms with E-state index in [2.05, 4.69) is 16.4 Å². The summed E-state index contributed by atoms with van der Waals surface area (Å²) < 4.78 is 37.0. The molecule has 1 N–H and O–H groups in total. The highest BCUT2D eigenvalue weighted by Gasteiger charge is 2.32. The quantitative estimate of drug-likeness (QED) is 0.296. The van der Waals surface area contributed by atoms with E-state index >= 15 is 0 Å². The minimum absolute atomic E-state index is 0.00286. The van der Waals surface area contributed by atoms with Gasteiger partial charge in [-0.2, -0.15) is 0 Å². The predicted molar refractivity (Wildman–Crippen MR) is 150 cm³/mol. The molecule has 204 valence electrons. The Hall–Kier alpha value is -2.62. The molecule has 0 aliphatic heterocycles. The van der Waals surface area contributed by atoms with Gasteiger partial charge in [0.25, 0.3) is 0 Å². The average Bonchev–Trinajstić information content (AvgIpc) is 3.22. The van der Waals surface area contributed by atoms with E-state index in [0.717, 1.165) is 29.0 Å². The topological polar surface area (TPSA) is 94.6 Å². The van der Waals surface area contributed by atoms with Crippen molar-refractivity contribution in [3.8, 4) is 5.75 Å². The molecule has 7 nitrogen and oxygen atoms in total. The molecule has 0 saturated carbocycles. The fraction of sp³-hybridized carbons (Fsp3) is 0.429. The number of hydrogen-bond donors (Lipinski definition) is 1. The first-order chi connectivity index (χ1) is 18.2. The number of carbonyl (C=O) groups excluding carboxylic acids is 1. The number of nitrogens with zero attached hydrogens (tertiary/aromatic N) is 1. The van der Waals surface area contributed by atoms with Gasteiger partial charge in [-0.3, -0.25) is 0 Å². The van der Waals surface area contributed by atoms with Gasteiger partial charge in [-0.25, -0.2) is 18.2 Å². The fourth-order valence-corrected chi connectivity index (χ4v) is 8.12. The Bertz CT molecular complexity index is 1390. The molecule has 1 heterocycles. The number of hydrogen-bond acceptors (Lipinski definition) is 7. The normalized spacial score (nSPS) is 17.1. The summed E-state index contributed by atoms with van der Waals surface area (Å²) >= 11 is 7.46. The van der Waals surface area contributed by atoms with Crippen molar-refractivity contribution in [1.29, 1.82) is 0 Å². The number of rotatable bonds is 10. The zero-order valence-electron chi connectivity index (χ0n) is 21.8. The van der Waals surface area contributed by atoms with Crippen LogP contribution in [0.25, 0.3) is 0 Å². The number of benzene rings is 2. The maximum absolute atomic E-state index is 12.7. The SMILES string of the molecule is CCOC(=O)NC1CCc2ccc(OCCCS(=O)(=O)c3sc(C)nc3C)cc2C1Cc1cccc(Cl)c1. The number of alkyl carbamates (subject to hydrolysis) is 1. The summed E-state index contributed by atoms with van der Waals surface area (Å²) in [4.78, 5) is 16.5. The highest BCUT2D eigenvalue weighted by molar-refractivity contribution is 7.93. The van der Waals surface area contributed by atoms with Gasteiger partial charge in [0.1, 0.15) is 9.96 Å². The Morgan fingerprint density at radius 1 is 1.21 bits per heavy atom. The van der Waals surface area contributed by atoms with Crippen molar-refractivity contribution in [2.24, 2.45) is 0 Å². The smallest absolute Gasteiger partial charge is 0.407 e. The van der Waals surface area contributed by atoms with Crippen LogP contribution in [0.15, 0.2) is 46.7 Å². The fourth-order valence-electron chi connectivity index (χ4n) is 4.96. The van der Waals surface area contributed by atoms with Crippen LogP contribution in [-0.2, 0) is 27.4 Å². The van der Waals surface area contributed by atoms with Crippen molar-refractivity contribution in [1.82, 2.24) is 10.3 Å². The number of amides is 1. The Balaban J connectivity index is 1.48. The second-order valence-electron chi connectivity index (χ2n) is 9.44. The predicted octanol–water partition coefficient (Wildman–Crippen LogP) is 6.04. The third kappa shape index (κ3) is 7.07. The van der Waals surface area contributed by atoms with Crippen LogP contribution < -0.4 is 10.1 Å². The van der Waals surface area contributed by atoms with E-state index in [0.29, 0.717) is 40.1 Å². The number of thiazole rings is 1. The summed E-state index contributed by atoms with van der Waals surface area (Å²) in [5.74, 6) is 0.686. The maximum Gasteiger partial charge on any atom is 0.407 e. The number of nitrogens with one attached hydrogen (secondary N) is 1. The molecule has 0 spiro atoms. The molecular weight excluding hydrogens is 544 g/mol. The second-order valence-corrected chi connectivity index (χ2v) is 13.4. The summed E-state index contributed by atoms with van der Waals surface area (Å²) in [6.45, 7) is 5.90. The summed E-state index contributed by atoms with van der Waals surface area (Å²) in [5, 5.41) is 4.47. The molecule has 0 bridgehead atoms. The number of halogens is 1. The zero-order chi connectivity index (χ0) is 27.3. The van der Waals surface area contributed by atoms with Crippen LogP contribution in [-0.4, -0.2) is 44.5 Å². The van der Waals surface area contributed by atoms with Crippen LogP contribution >= 0.6 is 22.9 Å². The lowest BCUT2D eigenvalue weighted by molar-refractivity contribution is 0.144. The third-order valence-electron chi connectivity index (χ3n) is 6.62. The third-order valence-corrected chi connectivity index (χ3v) is 10.4. The van der Waals surface area contributed by atoms with Gasteiger partial charge in [0.15, 0.2) is 9.84 Å². The Labute approximate surface area is 233 Å². The van der Waals surface area contributed by atoms with E-state index in [1.165, 1.54) is 16.9 Å². The van der Waals surface area contributed by atoms with Crippen molar-refractivity contribution >= 4 is 38.9 Å². The van der Waals surface area contributed by atoms with Crippen LogP contribution in [0.1, 0.15) is 53.1 Å². The Kier molecular flexibility index (Phi) is 9.33. The molecule has 10 heteroatoms. The number of aryl methyl sites for hydroxylation is 3. The van der Waals surface area contributed by atoms with Gasteiger partial charge >= 0.3 is 6.09 Å². The number of sulfone groups is 1. The Morgan fingerprint density at radius 3 is 2.74 bits per heavy atom. The number of aromatic nitrogens is 1. The molecule has 1 aliphatic carbocycles. The summed E-state index contributed by atoms with van der Waals surface area (Å²) in [5.41, 5.74) is 3.96. The summed E-state index contributed by atoms with van der Waals surface area (Å²) in [6.07, 6.45) is 2.27. The molecule has 4 rings (SSSR count). The standard InChI is InChI=1S/C28H33ClN2O5S2/c1-4-35-28(32)31-26-12-10-21-9-11-23(17-24(21)25(26)16-20-7-5-8-22(29)15-20)36-13-6-14-38(33,34)27-18(2)30-19(3)37-27/h5,7-9,11,15,17,25-26H,4,6,10,12-14,16H2,1-3H3,(H,31,32). The van der Waals surface area contributed by atoms with E-state index in [9.17, 15) is 13.2 Å². The molecular formula is C28H33ClN2O5S2. The van der Waals surface area contributed by atoms with Crippen LogP contribution in [0.4, 0.5) is 4.79 Å². The average molecular weight is 577 g/mol. The first kappa shape index (κ1) is 28.4. The van der Waals surface area contributed by atoms with E-state index < -0.39 is 15.9 Å². The van der Waals surface area contributed by atoms with Crippen molar-refractivity contribution in [2.45, 2.75) is 62.6 Å². The van der Waals surface area contributed by atoms with Crippen molar-refractivity contribution in [3.63, 3.8) is 0 Å². The molecule has 38 heavy (non-hydrogen) atoms. The number of fused-ring (bicyclic) bond motifs is 1. The second kappa shape index (κ2) is 12.5. The van der Waals surface area contributed by atoms with E-state index in [-0.39, 0.29) is 24.3 Å². The molecule has 3 aromatic rings. The first-order valence-corrected chi connectivity index (χ1v) is 15.6. The van der Waals surface area contributed by atoms with Crippen LogP contribution in [0.3, 0.4) is 0 Å². The van der Waals surface area contributed by atoms with Crippen molar-refractivity contribution in [3.05, 3.63) is 74.9 Å². The molecule has 1 amide bonds. The minimum atomic E-state index is -3.40. The molecule has 2 unspecified atom stereocenters. The lowest BCUT2D eigenvalue weighted by atomic mass is 9.76. The van der Waals surface area contributed by atoms with Gasteiger partial charge in [-0.15, -0.1) is 11.3 Å². The molecule has 1 aliphatic rings. The highest BCUT2D eigenvalue weighted by Crippen LogP contribution is 2.37. The minimum Gasteiger partial charge on any atom is -0.494 e. The zero-order valence-corrected chi connectivity index (χ0v) is 24.2. The van der Waals surface area contributed by atoms with Crippen LogP contribution in [0, 0.1) is 13.8 Å². The molecule has 1 aromatic heterocycles. The van der Waals surface area contributed by atoms with Crippen LogP contribution in [0.2, 0.25) is 5.02 Å². The molecule has 2 aromatic carbocycles. The Morgan fingerprint density at radius 2 is 2.03 bits per heavy atom. The van der Waals surface area contributed by atoms with Gasteiger partial charge in [0.05, 0.1) is 29.7 Å². The molecule has 2 atom stereocenters. The van der Waals surface area contributed by atoms with Gasteiger partial charge < -0.3 is 14.8 Å². The number of carbonyl (C=O) groups is 1. The van der Waals surface area contributed by atoms with Crippen molar-refractivity contribution < 1.29 is 22.7 Å². The summed E-state index contributed by atoms with van der Waals surface area (Å²) in [7, 11) is -3.40. The first-order valence-electron chi connectivity index (χ1n) is 12.8. The lowest BCUT2D eigenvalue weighted by Crippen LogP contribution is -2.43. The van der Waals surface area contributed by atoms with E-state index in [1.54, 1.807) is 13.8 Å². The largest absolute Gasteiger partial charge is 0.494 e. The van der Waals surface area contributed by atoms with E-state index in [1.807, 2.05) is 43.3 Å². The highest BCUT2D eigenvalue weighted by atomic mass is 35.5. The van der Waals surface area contributed by atoms with Gasteiger partial charge in [-0.1, -0.05) is 29.8 Å². The molecule has 0 fully saturated rings. The van der Waals surface area contributed by atoms with Crippen molar-refractivity contribution in [2.75, 3.05) is 19.0 Å². The molecule has 0 saturated heterocycles.